The highest BCUT2D eigenvalue weighted by Crippen LogP contribution is 2.38. The van der Waals surface area contributed by atoms with Crippen LogP contribution in [0.1, 0.15) is 80.3 Å². The van der Waals surface area contributed by atoms with Crippen LogP contribution in [-0.4, -0.2) is 39.6 Å². The summed E-state index contributed by atoms with van der Waals surface area (Å²) < 4.78 is 6.22. The highest BCUT2D eigenvalue weighted by Gasteiger charge is 2.34. The van der Waals surface area contributed by atoms with Gasteiger partial charge in [0.05, 0.1) is 12.1 Å². The van der Waals surface area contributed by atoms with E-state index in [1.807, 2.05) is 29.2 Å². The summed E-state index contributed by atoms with van der Waals surface area (Å²) in [4.78, 5) is 19.8. The molecule has 2 fully saturated rings. The van der Waals surface area contributed by atoms with Gasteiger partial charge in [0.2, 0.25) is 5.88 Å². The number of pyridine rings is 1. The second kappa shape index (κ2) is 8.38. The van der Waals surface area contributed by atoms with E-state index < -0.39 is 5.60 Å². The first-order valence-corrected chi connectivity index (χ1v) is 11.1. The molecule has 0 bridgehead atoms. The van der Waals surface area contributed by atoms with E-state index in [1.165, 1.54) is 24.8 Å². The van der Waals surface area contributed by atoms with Gasteiger partial charge in [0.1, 0.15) is 6.10 Å². The maximum Gasteiger partial charge on any atom is 0.254 e. The third-order valence-corrected chi connectivity index (χ3v) is 6.54. The molecule has 1 amide bonds. The Kier molecular flexibility index (Phi) is 5.83. The molecule has 1 aromatic heterocycles. The molecule has 0 radical (unpaired) electrons. The van der Waals surface area contributed by atoms with Gasteiger partial charge in [-0.2, -0.15) is 0 Å². The Morgan fingerprint density at radius 1 is 1.13 bits per heavy atom. The fourth-order valence-corrected chi connectivity index (χ4v) is 4.48. The zero-order chi connectivity index (χ0) is 21.3. The summed E-state index contributed by atoms with van der Waals surface area (Å²) >= 11 is 0. The molecule has 1 aliphatic carbocycles. The molecule has 1 aromatic carbocycles. The van der Waals surface area contributed by atoms with Crippen molar-refractivity contribution < 1.29 is 14.6 Å². The summed E-state index contributed by atoms with van der Waals surface area (Å²) in [5, 5.41) is 10.5. The molecule has 1 saturated carbocycles. The zero-order valence-electron chi connectivity index (χ0n) is 18.2. The average molecular weight is 409 g/mol. The van der Waals surface area contributed by atoms with Gasteiger partial charge in [-0.15, -0.1) is 0 Å². The van der Waals surface area contributed by atoms with Gasteiger partial charge >= 0.3 is 0 Å². The van der Waals surface area contributed by atoms with E-state index in [0.29, 0.717) is 23.9 Å². The Bertz CT molecular complexity index is 901. The van der Waals surface area contributed by atoms with Gasteiger partial charge in [-0.05, 0) is 76.1 Å². The molecule has 30 heavy (non-hydrogen) atoms. The molecule has 2 heterocycles. The normalized spacial score (nSPS) is 22.5. The number of ether oxygens (including phenoxy) is 1. The smallest absolute Gasteiger partial charge is 0.254 e. The van der Waals surface area contributed by atoms with Crippen molar-refractivity contribution in [3.63, 3.8) is 0 Å². The quantitative estimate of drug-likeness (QED) is 0.782. The van der Waals surface area contributed by atoms with Gasteiger partial charge in [-0.1, -0.05) is 24.6 Å². The molecule has 4 rings (SSSR count). The maximum atomic E-state index is 13.5. The molecular formula is C25H32N2O3. The lowest BCUT2D eigenvalue weighted by atomic mass is 9.78. The Labute approximate surface area is 179 Å². The second-order valence-electron chi connectivity index (χ2n) is 9.25. The lowest BCUT2D eigenvalue weighted by Crippen LogP contribution is -2.49. The molecule has 0 spiro atoms. The minimum atomic E-state index is -1.04. The Balaban J connectivity index is 1.53. The number of amides is 1. The van der Waals surface area contributed by atoms with Crippen LogP contribution < -0.4 is 4.74 Å². The van der Waals surface area contributed by atoms with Crippen molar-refractivity contribution in [2.24, 2.45) is 0 Å². The van der Waals surface area contributed by atoms with Crippen LogP contribution in [0.5, 0.6) is 5.88 Å². The molecule has 2 atom stereocenters. The number of piperidine rings is 1. The van der Waals surface area contributed by atoms with Crippen LogP contribution >= 0.6 is 0 Å². The van der Waals surface area contributed by atoms with Crippen LogP contribution in [-0.2, 0) is 5.60 Å². The number of hydrogen-bond acceptors (Lipinski definition) is 4. The van der Waals surface area contributed by atoms with Crippen LogP contribution in [0.4, 0.5) is 0 Å². The van der Waals surface area contributed by atoms with Crippen molar-refractivity contribution in [3.8, 4) is 5.88 Å². The number of aliphatic hydroxyl groups is 1. The number of likely N-dealkylation sites (tertiary alicyclic amines) is 1. The molecule has 2 aliphatic rings. The van der Waals surface area contributed by atoms with Crippen LogP contribution in [0.3, 0.4) is 0 Å². The number of nitrogens with zero attached hydrogens (tertiary/aromatic N) is 2. The molecule has 0 unspecified atom stereocenters. The predicted octanol–water partition coefficient (Wildman–Crippen LogP) is 4.65. The summed E-state index contributed by atoms with van der Waals surface area (Å²) in [6, 6.07) is 11.9. The van der Waals surface area contributed by atoms with E-state index in [-0.39, 0.29) is 18.1 Å². The summed E-state index contributed by atoms with van der Waals surface area (Å²) in [7, 11) is 0. The van der Waals surface area contributed by atoms with Crippen LogP contribution in [0.15, 0.2) is 42.6 Å². The highest BCUT2D eigenvalue weighted by molar-refractivity contribution is 5.96. The van der Waals surface area contributed by atoms with Crippen LogP contribution in [0, 0.1) is 0 Å². The molecule has 2 aromatic rings. The number of hydrogen-bond donors (Lipinski definition) is 1. The van der Waals surface area contributed by atoms with Gasteiger partial charge in [0, 0.05) is 23.4 Å². The number of rotatable bonds is 5. The molecule has 1 aliphatic heterocycles. The number of benzene rings is 1. The van der Waals surface area contributed by atoms with E-state index in [0.717, 1.165) is 18.4 Å². The van der Waals surface area contributed by atoms with Crippen molar-refractivity contribution in [3.05, 3.63) is 59.3 Å². The summed E-state index contributed by atoms with van der Waals surface area (Å²) in [5.41, 5.74) is 1.66. The van der Waals surface area contributed by atoms with Gasteiger partial charge in [0.25, 0.3) is 5.91 Å². The van der Waals surface area contributed by atoms with Gasteiger partial charge in [-0.25, -0.2) is 4.98 Å². The molecule has 1 saturated heterocycles. The fraction of sp³-hybridized carbons (Fsp3) is 0.520. The maximum absolute atomic E-state index is 13.5. The zero-order valence-corrected chi connectivity index (χ0v) is 18.2. The van der Waals surface area contributed by atoms with E-state index in [9.17, 15) is 9.90 Å². The first-order valence-electron chi connectivity index (χ1n) is 11.1. The van der Waals surface area contributed by atoms with Crippen molar-refractivity contribution in [2.45, 2.75) is 76.5 Å². The molecular weight excluding hydrogens is 376 g/mol. The van der Waals surface area contributed by atoms with Crippen molar-refractivity contribution in [1.29, 1.82) is 0 Å². The fourth-order valence-electron chi connectivity index (χ4n) is 4.48. The van der Waals surface area contributed by atoms with Gasteiger partial charge < -0.3 is 14.7 Å². The Morgan fingerprint density at radius 3 is 2.60 bits per heavy atom. The standard InChI is InChI=1S/C25H32N2O3/c1-17-13-14-19(30-23-22(25(2,3)29)12-7-15-26-23)16-27(17)24(28)21-11-5-4-10-20(21)18-8-6-9-18/h4-5,7,10-12,15,17-19,29H,6,8-9,13-14,16H2,1-3H3/t17-,19-/m1/s1. The monoisotopic (exact) mass is 408 g/mol. The van der Waals surface area contributed by atoms with Crippen LogP contribution in [0.25, 0.3) is 0 Å². The van der Waals surface area contributed by atoms with Gasteiger partial charge in [-0.3, -0.25) is 4.79 Å². The average Bonchev–Trinajstić information content (AvgIpc) is 2.68. The minimum absolute atomic E-state index is 0.0991. The van der Waals surface area contributed by atoms with E-state index in [1.54, 1.807) is 26.1 Å². The third kappa shape index (κ3) is 4.22. The highest BCUT2D eigenvalue weighted by atomic mass is 16.5. The number of carbonyl (C=O) groups excluding carboxylic acids is 1. The van der Waals surface area contributed by atoms with Crippen molar-refractivity contribution >= 4 is 5.91 Å². The Hall–Kier alpha value is -2.40. The third-order valence-electron chi connectivity index (χ3n) is 6.54. The SMILES string of the molecule is C[C@@H]1CC[C@@H](Oc2ncccc2C(C)(C)O)CN1C(=O)c1ccccc1C1CCC1. The molecule has 5 heteroatoms. The lowest BCUT2D eigenvalue weighted by Gasteiger charge is -2.39. The Morgan fingerprint density at radius 2 is 1.90 bits per heavy atom. The molecule has 5 nitrogen and oxygen atoms in total. The van der Waals surface area contributed by atoms with Crippen LogP contribution in [0.2, 0.25) is 0 Å². The first-order chi connectivity index (χ1) is 14.3. The van der Waals surface area contributed by atoms with Gasteiger partial charge in [0.15, 0.2) is 0 Å². The molecule has 160 valence electrons. The van der Waals surface area contributed by atoms with E-state index >= 15 is 0 Å². The topological polar surface area (TPSA) is 62.7 Å². The summed E-state index contributed by atoms with van der Waals surface area (Å²) in [5.74, 6) is 1.06. The van der Waals surface area contributed by atoms with Crippen molar-refractivity contribution in [2.75, 3.05) is 6.54 Å². The van der Waals surface area contributed by atoms with E-state index in [2.05, 4.69) is 18.0 Å². The predicted molar refractivity (Wildman–Crippen MR) is 117 cm³/mol. The first kappa shape index (κ1) is 20.9. The minimum Gasteiger partial charge on any atom is -0.472 e. The largest absolute Gasteiger partial charge is 0.472 e. The lowest BCUT2D eigenvalue weighted by molar-refractivity contribution is 0.0324. The summed E-state index contributed by atoms with van der Waals surface area (Å²) in [6.45, 7) is 6.10. The summed E-state index contributed by atoms with van der Waals surface area (Å²) in [6.07, 6.45) is 6.86. The number of carbonyl (C=O) groups is 1. The van der Waals surface area contributed by atoms with E-state index in [4.69, 9.17) is 4.74 Å². The molecule has 1 N–H and O–H groups in total. The number of aromatic nitrogens is 1. The second-order valence-corrected chi connectivity index (χ2v) is 9.25. The van der Waals surface area contributed by atoms with Crippen molar-refractivity contribution in [1.82, 2.24) is 9.88 Å².